The number of hydrogen-bond donors (Lipinski definition) is 1. The molecular weight excluding hydrogens is 248 g/mol. The lowest BCUT2D eigenvalue weighted by molar-refractivity contribution is 0.580. The van der Waals surface area contributed by atoms with Gasteiger partial charge < -0.3 is 5.32 Å². The van der Waals surface area contributed by atoms with E-state index in [-0.39, 0.29) is 5.41 Å². The van der Waals surface area contributed by atoms with E-state index in [0.29, 0.717) is 6.04 Å². The Morgan fingerprint density at radius 3 is 2.55 bits per heavy atom. The monoisotopic (exact) mass is 272 g/mol. The molecule has 2 aromatic rings. The third-order valence-electron chi connectivity index (χ3n) is 3.19. The van der Waals surface area contributed by atoms with Crippen LogP contribution >= 0.6 is 0 Å². The molecule has 2 rings (SSSR count). The summed E-state index contributed by atoms with van der Waals surface area (Å²) in [6, 6.07) is 8.81. The number of aromatic nitrogens is 3. The molecule has 0 atom stereocenters. The first-order valence-corrected chi connectivity index (χ1v) is 7.12. The van der Waals surface area contributed by atoms with Gasteiger partial charge >= 0.3 is 0 Å². The predicted octanol–water partition coefficient (Wildman–Crippen LogP) is 3.06. The zero-order valence-electron chi connectivity index (χ0n) is 13.0. The van der Waals surface area contributed by atoms with Crippen molar-refractivity contribution in [2.45, 2.75) is 52.6 Å². The summed E-state index contributed by atoms with van der Waals surface area (Å²) in [5.74, 6) is 0. The first-order chi connectivity index (χ1) is 9.38. The molecule has 0 saturated carbocycles. The molecule has 0 unspecified atom stereocenters. The Morgan fingerprint density at radius 1 is 1.20 bits per heavy atom. The third kappa shape index (κ3) is 3.45. The topological polar surface area (TPSA) is 42.7 Å². The molecule has 4 nitrogen and oxygen atoms in total. The van der Waals surface area contributed by atoms with Crippen molar-refractivity contribution in [1.82, 2.24) is 20.3 Å². The Balaban J connectivity index is 2.29. The van der Waals surface area contributed by atoms with Crippen LogP contribution in [0.3, 0.4) is 0 Å². The largest absolute Gasteiger partial charge is 0.309 e. The van der Waals surface area contributed by atoms with Crippen molar-refractivity contribution in [2.24, 2.45) is 0 Å². The zero-order chi connectivity index (χ0) is 14.8. The standard InChI is InChI=1S/C16H24N4/c1-12(2)17-10-13-11-20(19-18-13)15-9-7-6-8-14(15)16(3,4)5/h6-9,11-12,17H,10H2,1-5H3. The molecule has 0 fully saturated rings. The Bertz CT molecular complexity index is 564. The number of hydrogen-bond acceptors (Lipinski definition) is 3. The summed E-state index contributed by atoms with van der Waals surface area (Å²) in [7, 11) is 0. The van der Waals surface area contributed by atoms with E-state index in [1.165, 1.54) is 5.56 Å². The van der Waals surface area contributed by atoms with Crippen molar-refractivity contribution >= 4 is 0 Å². The molecule has 1 heterocycles. The molecule has 108 valence electrons. The summed E-state index contributed by atoms with van der Waals surface area (Å²) in [5, 5.41) is 11.9. The van der Waals surface area contributed by atoms with E-state index in [1.807, 2.05) is 16.9 Å². The average molecular weight is 272 g/mol. The second kappa shape index (κ2) is 5.75. The van der Waals surface area contributed by atoms with Crippen LogP contribution in [0, 0.1) is 0 Å². The molecule has 1 aromatic carbocycles. The fourth-order valence-corrected chi connectivity index (χ4v) is 2.11. The summed E-state index contributed by atoms with van der Waals surface area (Å²) in [5.41, 5.74) is 3.41. The molecular formula is C16H24N4. The first kappa shape index (κ1) is 14.7. The minimum Gasteiger partial charge on any atom is -0.309 e. The molecule has 4 heteroatoms. The average Bonchev–Trinajstić information content (AvgIpc) is 2.84. The van der Waals surface area contributed by atoms with E-state index in [1.54, 1.807) is 0 Å². The summed E-state index contributed by atoms with van der Waals surface area (Å²) in [4.78, 5) is 0. The van der Waals surface area contributed by atoms with Crippen LogP contribution in [0.1, 0.15) is 45.9 Å². The number of nitrogens with one attached hydrogen (secondary N) is 1. The Morgan fingerprint density at radius 2 is 1.90 bits per heavy atom. The quantitative estimate of drug-likeness (QED) is 0.930. The lowest BCUT2D eigenvalue weighted by Crippen LogP contribution is -2.21. The highest BCUT2D eigenvalue weighted by atomic mass is 15.4. The van der Waals surface area contributed by atoms with Crippen LogP contribution in [-0.2, 0) is 12.0 Å². The van der Waals surface area contributed by atoms with Crippen LogP contribution < -0.4 is 5.32 Å². The second-order valence-corrected chi connectivity index (χ2v) is 6.46. The number of para-hydroxylation sites is 1. The second-order valence-electron chi connectivity index (χ2n) is 6.46. The van der Waals surface area contributed by atoms with Crippen LogP contribution in [0.5, 0.6) is 0 Å². The molecule has 0 aliphatic heterocycles. The van der Waals surface area contributed by atoms with Crippen LogP contribution in [0.4, 0.5) is 0 Å². The van der Waals surface area contributed by atoms with Crippen molar-refractivity contribution in [3.63, 3.8) is 0 Å². The van der Waals surface area contributed by atoms with Gasteiger partial charge in [-0.2, -0.15) is 0 Å². The molecule has 20 heavy (non-hydrogen) atoms. The third-order valence-corrected chi connectivity index (χ3v) is 3.19. The van der Waals surface area contributed by atoms with Crippen molar-refractivity contribution in [3.05, 3.63) is 41.7 Å². The highest BCUT2D eigenvalue weighted by molar-refractivity contribution is 5.44. The van der Waals surface area contributed by atoms with Crippen molar-refractivity contribution in [2.75, 3.05) is 0 Å². The smallest absolute Gasteiger partial charge is 0.0969 e. The fraction of sp³-hybridized carbons (Fsp3) is 0.500. The van der Waals surface area contributed by atoms with Gasteiger partial charge in [-0.05, 0) is 17.0 Å². The Hall–Kier alpha value is -1.68. The zero-order valence-corrected chi connectivity index (χ0v) is 13.0. The van der Waals surface area contributed by atoms with Gasteiger partial charge in [0.05, 0.1) is 17.6 Å². The van der Waals surface area contributed by atoms with Crippen LogP contribution in [0.2, 0.25) is 0 Å². The van der Waals surface area contributed by atoms with E-state index in [4.69, 9.17) is 0 Å². The van der Waals surface area contributed by atoms with Gasteiger partial charge in [0, 0.05) is 12.6 Å². The van der Waals surface area contributed by atoms with Gasteiger partial charge in [-0.3, -0.25) is 0 Å². The molecule has 0 radical (unpaired) electrons. The summed E-state index contributed by atoms with van der Waals surface area (Å²) in [6.07, 6.45) is 2.00. The van der Waals surface area contributed by atoms with Gasteiger partial charge in [-0.15, -0.1) is 5.10 Å². The highest BCUT2D eigenvalue weighted by Gasteiger charge is 2.19. The van der Waals surface area contributed by atoms with Crippen molar-refractivity contribution in [1.29, 1.82) is 0 Å². The lowest BCUT2D eigenvalue weighted by Gasteiger charge is -2.22. The predicted molar refractivity (Wildman–Crippen MR) is 82.0 cm³/mol. The van der Waals surface area contributed by atoms with Crippen LogP contribution in [-0.4, -0.2) is 21.0 Å². The molecule has 1 aromatic heterocycles. The molecule has 0 spiro atoms. The number of nitrogens with zero attached hydrogens (tertiary/aromatic N) is 3. The molecule has 1 N–H and O–H groups in total. The summed E-state index contributed by atoms with van der Waals surface area (Å²) in [6.45, 7) is 11.6. The van der Waals surface area contributed by atoms with E-state index in [9.17, 15) is 0 Å². The van der Waals surface area contributed by atoms with Gasteiger partial charge in [0.1, 0.15) is 0 Å². The Labute approximate surface area is 121 Å². The van der Waals surface area contributed by atoms with E-state index < -0.39 is 0 Å². The Kier molecular flexibility index (Phi) is 4.23. The van der Waals surface area contributed by atoms with E-state index in [0.717, 1.165) is 17.9 Å². The summed E-state index contributed by atoms with van der Waals surface area (Å²) < 4.78 is 1.87. The normalized spacial score (nSPS) is 12.1. The van der Waals surface area contributed by atoms with E-state index in [2.05, 4.69) is 68.4 Å². The minimum absolute atomic E-state index is 0.0822. The SMILES string of the molecule is CC(C)NCc1cn(-c2ccccc2C(C)(C)C)nn1. The number of benzene rings is 1. The van der Waals surface area contributed by atoms with Gasteiger partial charge in [0.15, 0.2) is 0 Å². The number of rotatable bonds is 4. The fourth-order valence-electron chi connectivity index (χ4n) is 2.11. The molecule has 0 amide bonds. The maximum absolute atomic E-state index is 4.27. The van der Waals surface area contributed by atoms with Gasteiger partial charge in [0.2, 0.25) is 0 Å². The van der Waals surface area contributed by atoms with Gasteiger partial charge in [0.25, 0.3) is 0 Å². The van der Waals surface area contributed by atoms with Crippen LogP contribution in [0.25, 0.3) is 5.69 Å². The van der Waals surface area contributed by atoms with Crippen molar-refractivity contribution in [3.8, 4) is 5.69 Å². The molecule has 0 bridgehead atoms. The highest BCUT2D eigenvalue weighted by Crippen LogP contribution is 2.27. The van der Waals surface area contributed by atoms with Gasteiger partial charge in [-0.25, -0.2) is 4.68 Å². The summed E-state index contributed by atoms with van der Waals surface area (Å²) >= 11 is 0. The molecule has 0 saturated heterocycles. The van der Waals surface area contributed by atoms with Crippen molar-refractivity contribution < 1.29 is 0 Å². The maximum Gasteiger partial charge on any atom is 0.0969 e. The molecule has 0 aliphatic carbocycles. The minimum atomic E-state index is 0.0822. The van der Waals surface area contributed by atoms with Crippen LogP contribution in [0.15, 0.2) is 30.5 Å². The van der Waals surface area contributed by atoms with E-state index >= 15 is 0 Å². The maximum atomic E-state index is 4.27. The first-order valence-electron chi connectivity index (χ1n) is 7.12. The van der Waals surface area contributed by atoms with Gasteiger partial charge in [-0.1, -0.05) is 58.0 Å². The lowest BCUT2D eigenvalue weighted by atomic mass is 9.86. The molecule has 0 aliphatic rings.